The number of carbonyl (C=O) groups excluding carboxylic acids is 1. The van der Waals surface area contributed by atoms with Crippen LogP contribution in [0, 0.1) is 0 Å². The molecule has 0 amide bonds. The van der Waals surface area contributed by atoms with Crippen molar-refractivity contribution in [1.29, 1.82) is 0 Å². The highest BCUT2D eigenvalue weighted by molar-refractivity contribution is 6.23. The lowest BCUT2D eigenvalue weighted by atomic mass is 9.87. The first-order valence-corrected chi connectivity index (χ1v) is 11.1. The molecule has 5 rings (SSSR count). The summed E-state index contributed by atoms with van der Waals surface area (Å²) in [5.41, 5.74) is 4.53. The number of hydrogen-bond donors (Lipinski definition) is 1. The Bertz CT molecular complexity index is 1300. The maximum atomic E-state index is 13.0. The van der Waals surface area contributed by atoms with Crippen molar-refractivity contribution < 1.29 is 18.9 Å². The summed E-state index contributed by atoms with van der Waals surface area (Å²) in [6.07, 6.45) is 3.44. The molecule has 32 heavy (non-hydrogen) atoms. The average molecular weight is 429 g/mol. The zero-order valence-corrected chi connectivity index (χ0v) is 18.5. The van der Waals surface area contributed by atoms with Gasteiger partial charge in [-0.15, -0.1) is 0 Å². The van der Waals surface area contributed by atoms with Crippen molar-refractivity contribution in [3.05, 3.63) is 83.2 Å². The number of allylic oxidation sites excluding steroid dienone is 3. The second-order valence-corrected chi connectivity index (χ2v) is 7.78. The van der Waals surface area contributed by atoms with Gasteiger partial charge in [0.2, 0.25) is 11.4 Å². The van der Waals surface area contributed by atoms with Gasteiger partial charge in [0.05, 0.1) is 28.6 Å². The zero-order valence-electron chi connectivity index (χ0n) is 18.5. The van der Waals surface area contributed by atoms with Crippen molar-refractivity contribution in [2.75, 3.05) is 22.9 Å². The number of oxazole rings is 1. The summed E-state index contributed by atoms with van der Waals surface area (Å²) in [5.74, 6) is 1.28. The quantitative estimate of drug-likeness (QED) is 0.470. The summed E-state index contributed by atoms with van der Waals surface area (Å²) in [6, 6.07) is 15.9. The van der Waals surface area contributed by atoms with Gasteiger partial charge in [-0.3, -0.25) is 4.79 Å². The van der Waals surface area contributed by atoms with Crippen LogP contribution >= 0.6 is 0 Å². The van der Waals surface area contributed by atoms with Crippen LogP contribution in [0.2, 0.25) is 0 Å². The summed E-state index contributed by atoms with van der Waals surface area (Å²) in [6.45, 7) is 8.41. The molecule has 2 aromatic carbocycles. The summed E-state index contributed by atoms with van der Waals surface area (Å²) < 4.78 is 7.93. The number of para-hydroxylation sites is 4. The Kier molecular flexibility index (Phi) is 4.85. The minimum absolute atomic E-state index is 0.00803. The molecule has 6 nitrogen and oxygen atoms in total. The van der Waals surface area contributed by atoms with Crippen LogP contribution < -0.4 is 14.4 Å². The Morgan fingerprint density at radius 2 is 1.56 bits per heavy atom. The molecule has 0 atom stereocenters. The van der Waals surface area contributed by atoms with E-state index in [0.717, 1.165) is 41.4 Å². The number of nitrogens with zero attached hydrogens (tertiary/aromatic N) is 3. The van der Waals surface area contributed by atoms with Crippen molar-refractivity contribution in [3.8, 4) is 0 Å². The van der Waals surface area contributed by atoms with E-state index < -0.39 is 0 Å². The fraction of sp³-hybridized carbons (Fsp3) is 0.231. The predicted octanol–water partition coefficient (Wildman–Crippen LogP) is 4.73. The fourth-order valence-corrected chi connectivity index (χ4v) is 4.58. The minimum atomic E-state index is -0.179. The van der Waals surface area contributed by atoms with Crippen LogP contribution in [-0.2, 0) is 11.3 Å². The smallest absolute Gasteiger partial charge is 0.374 e. The van der Waals surface area contributed by atoms with Crippen LogP contribution in [0.25, 0.3) is 17.2 Å². The number of anilines is 2. The number of aryl methyl sites for hydroxylation is 1. The van der Waals surface area contributed by atoms with Crippen LogP contribution in [-0.4, -0.2) is 24.0 Å². The summed E-state index contributed by atoms with van der Waals surface area (Å²) >= 11 is 0. The van der Waals surface area contributed by atoms with Crippen LogP contribution in [0.3, 0.4) is 0 Å². The third-order valence-corrected chi connectivity index (χ3v) is 6.14. The summed E-state index contributed by atoms with van der Waals surface area (Å²) in [5, 5.41) is 10.8. The molecule has 2 aliphatic rings. The van der Waals surface area contributed by atoms with E-state index in [4.69, 9.17) is 4.42 Å². The molecule has 0 saturated carbocycles. The van der Waals surface area contributed by atoms with E-state index in [0.29, 0.717) is 18.0 Å². The molecule has 1 N–H and O–H groups in total. The highest BCUT2D eigenvalue weighted by Crippen LogP contribution is 2.42. The van der Waals surface area contributed by atoms with Crippen molar-refractivity contribution in [2.24, 2.45) is 0 Å². The number of fused-ring (bicyclic) bond motifs is 2. The number of aliphatic hydroxyl groups is 1. The molecular formula is C26H26N3O3+. The van der Waals surface area contributed by atoms with E-state index in [2.05, 4.69) is 35.8 Å². The van der Waals surface area contributed by atoms with E-state index in [-0.39, 0.29) is 17.1 Å². The normalized spacial score (nSPS) is 16.9. The van der Waals surface area contributed by atoms with Gasteiger partial charge in [-0.25, -0.2) is 0 Å². The van der Waals surface area contributed by atoms with Crippen LogP contribution in [0.5, 0.6) is 0 Å². The average Bonchev–Trinajstić information content (AvgIpc) is 3.34. The van der Waals surface area contributed by atoms with Gasteiger partial charge in [0.1, 0.15) is 18.1 Å². The predicted molar refractivity (Wildman–Crippen MR) is 125 cm³/mol. The SMILES string of the molecule is CCN1C(=CC2=C(O)/C(=C\c3oc4ccccc4[n+]3CC)C2=O)N(CC)c2ccccc21. The lowest BCUT2D eigenvalue weighted by Gasteiger charge is -2.26. The standard InChI is InChI=1S/C26H25N3O3/c1-4-27-19-11-7-8-12-20(19)28(5-2)23(27)15-17-25(30)18(26(17)31)16-24-29(6-3)21-13-9-10-14-22(21)32-24/h7-16H,4-6H2,1-3H3/p+1. The number of rotatable bonds is 5. The van der Waals surface area contributed by atoms with Gasteiger partial charge in [-0.2, -0.15) is 4.57 Å². The first kappa shape index (κ1) is 20.1. The Morgan fingerprint density at radius 1 is 0.938 bits per heavy atom. The van der Waals surface area contributed by atoms with Gasteiger partial charge in [0.25, 0.3) is 5.52 Å². The van der Waals surface area contributed by atoms with Crippen LogP contribution in [0.15, 0.2) is 81.8 Å². The largest absolute Gasteiger partial charge is 0.506 e. The lowest BCUT2D eigenvalue weighted by molar-refractivity contribution is -0.674. The Morgan fingerprint density at radius 3 is 2.16 bits per heavy atom. The van der Waals surface area contributed by atoms with E-state index in [1.165, 1.54) is 0 Å². The first-order valence-electron chi connectivity index (χ1n) is 11.1. The Labute approximate surface area is 187 Å². The van der Waals surface area contributed by atoms with Crippen molar-refractivity contribution >= 4 is 34.3 Å². The van der Waals surface area contributed by atoms with E-state index in [1.54, 1.807) is 12.2 Å². The van der Waals surface area contributed by atoms with Crippen LogP contribution in [0.1, 0.15) is 26.7 Å². The molecule has 0 radical (unpaired) electrons. The minimum Gasteiger partial charge on any atom is -0.506 e. The molecular weight excluding hydrogens is 402 g/mol. The molecule has 6 heteroatoms. The molecule has 0 spiro atoms. The number of ketones is 1. The van der Waals surface area contributed by atoms with E-state index >= 15 is 0 Å². The Balaban J connectivity index is 1.55. The first-order chi connectivity index (χ1) is 15.6. The second-order valence-electron chi connectivity index (χ2n) is 7.78. The monoisotopic (exact) mass is 428 g/mol. The third-order valence-electron chi connectivity index (χ3n) is 6.14. The van der Waals surface area contributed by atoms with Crippen molar-refractivity contribution in [1.82, 2.24) is 0 Å². The van der Waals surface area contributed by atoms with Gasteiger partial charge < -0.3 is 19.3 Å². The second kappa shape index (κ2) is 7.71. The maximum Gasteiger partial charge on any atom is 0.374 e. The summed E-state index contributed by atoms with van der Waals surface area (Å²) in [4.78, 5) is 17.4. The highest BCUT2D eigenvalue weighted by Gasteiger charge is 2.37. The lowest BCUT2D eigenvalue weighted by Crippen LogP contribution is -2.34. The number of carbonyl (C=O) groups is 1. The molecule has 3 aromatic rings. The molecule has 0 bridgehead atoms. The highest BCUT2D eigenvalue weighted by atomic mass is 16.4. The zero-order chi connectivity index (χ0) is 22.4. The molecule has 0 fully saturated rings. The van der Waals surface area contributed by atoms with E-state index in [1.807, 2.05) is 47.9 Å². The Hall–Kier alpha value is -3.80. The van der Waals surface area contributed by atoms with E-state index in [9.17, 15) is 9.90 Å². The molecule has 0 saturated heterocycles. The molecule has 1 aliphatic carbocycles. The maximum absolute atomic E-state index is 13.0. The summed E-state index contributed by atoms with van der Waals surface area (Å²) in [7, 11) is 0. The molecule has 162 valence electrons. The van der Waals surface area contributed by atoms with Crippen molar-refractivity contribution in [3.63, 3.8) is 0 Å². The van der Waals surface area contributed by atoms with Gasteiger partial charge in [-0.1, -0.05) is 24.3 Å². The molecule has 2 heterocycles. The van der Waals surface area contributed by atoms with Gasteiger partial charge >= 0.3 is 5.89 Å². The van der Waals surface area contributed by atoms with Gasteiger partial charge in [0, 0.05) is 19.2 Å². The number of aliphatic hydroxyl groups excluding tert-OH is 1. The van der Waals surface area contributed by atoms with Gasteiger partial charge in [-0.05, 0) is 45.0 Å². The number of hydrogen-bond acceptors (Lipinski definition) is 5. The fourth-order valence-electron chi connectivity index (χ4n) is 4.58. The number of benzene rings is 2. The van der Waals surface area contributed by atoms with Crippen molar-refractivity contribution in [2.45, 2.75) is 27.3 Å². The number of Topliss-reactive ketones (excluding diaryl/α,β-unsaturated/α-hetero) is 1. The van der Waals surface area contributed by atoms with Gasteiger partial charge in [0.15, 0.2) is 0 Å². The van der Waals surface area contributed by atoms with Crippen LogP contribution in [0.4, 0.5) is 11.4 Å². The topological polar surface area (TPSA) is 60.8 Å². The third kappa shape index (κ3) is 2.87. The number of aromatic nitrogens is 1. The molecule has 1 aliphatic heterocycles. The molecule has 0 unspecified atom stereocenters. The molecule has 1 aromatic heterocycles.